The molecule has 0 aliphatic heterocycles. The lowest BCUT2D eigenvalue weighted by atomic mass is 10.1. The number of rotatable bonds is 14. The summed E-state index contributed by atoms with van der Waals surface area (Å²) in [6.45, 7) is 2.07. The Hall–Kier alpha value is -0.0600. The summed E-state index contributed by atoms with van der Waals surface area (Å²) in [6, 6.07) is 0. The van der Waals surface area contributed by atoms with E-state index in [4.69, 9.17) is 4.74 Å². The third-order valence-electron chi connectivity index (χ3n) is 3.26. The maximum Gasteiger partial charge on any atom is 0.302 e. The van der Waals surface area contributed by atoms with Crippen LogP contribution in [-0.2, 0) is 9.53 Å². The summed E-state index contributed by atoms with van der Waals surface area (Å²) in [6.07, 6.45) is 18.8. The Morgan fingerprint density at radius 2 is 1.35 bits per heavy atom. The molecule has 118 valence electrons. The highest BCUT2D eigenvalue weighted by molar-refractivity contribution is 14.1. The molecule has 0 aliphatic rings. The summed E-state index contributed by atoms with van der Waals surface area (Å²) in [4.78, 5) is 10.6. The van der Waals surface area contributed by atoms with Crippen LogP contribution in [0.25, 0.3) is 0 Å². The van der Waals surface area contributed by atoms with Crippen LogP contribution in [0, 0.1) is 0 Å². The van der Waals surface area contributed by atoms with Crippen molar-refractivity contribution in [2.75, 3.05) is 11.0 Å². The summed E-state index contributed by atoms with van der Waals surface area (Å²) in [5.41, 5.74) is 0. The highest BCUT2D eigenvalue weighted by Crippen LogP contribution is 2.11. The van der Waals surface area contributed by atoms with E-state index in [1.807, 2.05) is 0 Å². The highest BCUT2D eigenvalue weighted by atomic mass is 127. The van der Waals surface area contributed by atoms with Crippen LogP contribution >= 0.6 is 22.6 Å². The summed E-state index contributed by atoms with van der Waals surface area (Å²) in [5, 5.41) is 0. The Balaban J connectivity index is 3.01. The van der Waals surface area contributed by atoms with Gasteiger partial charge in [-0.1, -0.05) is 79.7 Å². The first-order chi connectivity index (χ1) is 9.77. The predicted molar refractivity (Wildman–Crippen MR) is 95.4 cm³/mol. The van der Waals surface area contributed by atoms with Crippen molar-refractivity contribution in [3.63, 3.8) is 0 Å². The zero-order valence-corrected chi connectivity index (χ0v) is 15.2. The molecule has 0 aromatic carbocycles. The number of hydrogen-bond acceptors (Lipinski definition) is 2. The maximum atomic E-state index is 10.6. The molecule has 0 heterocycles. The van der Waals surface area contributed by atoms with Gasteiger partial charge >= 0.3 is 5.97 Å². The van der Waals surface area contributed by atoms with E-state index < -0.39 is 0 Å². The maximum absolute atomic E-state index is 10.6. The summed E-state index contributed by atoms with van der Waals surface area (Å²) in [5.74, 6) is -0.158. The van der Waals surface area contributed by atoms with E-state index in [1.54, 1.807) is 0 Å². The fraction of sp³-hybridized carbons (Fsp3) is 0.824. The molecule has 0 unspecified atom stereocenters. The molecule has 20 heavy (non-hydrogen) atoms. The monoisotopic (exact) mass is 394 g/mol. The number of alkyl halides is 1. The van der Waals surface area contributed by atoms with Crippen molar-refractivity contribution in [3.05, 3.63) is 12.2 Å². The lowest BCUT2D eigenvalue weighted by Gasteiger charge is -2.03. The first-order valence-corrected chi connectivity index (χ1v) is 9.64. The van der Waals surface area contributed by atoms with E-state index in [-0.39, 0.29) is 5.97 Å². The van der Waals surface area contributed by atoms with Gasteiger partial charge in [0.1, 0.15) is 0 Å². The second-order valence-electron chi connectivity index (χ2n) is 5.26. The molecule has 0 bridgehead atoms. The van der Waals surface area contributed by atoms with Crippen molar-refractivity contribution in [3.8, 4) is 0 Å². The Morgan fingerprint density at radius 1 is 0.850 bits per heavy atom. The lowest BCUT2D eigenvalue weighted by Crippen LogP contribution is -2.00. The van der Waals surface area contributed by atoms with Crippen LogP contribution in [-0.4, -0.2) is 17.0 Å². The molecule has 0 spiro atoms. The molecule has 0 aliphatic carbocycles. The third-order valence-corrected chi connectivity index (χ3v) is 3.89. The molecule has 0 aromatic heterocycles. The molecular formula is C17H31IO2. The quantitative estimate of drug-likeness (QED) is 0.122. The number of hydrogen-bond donors (Lipinski definition) is 0. The fourth-order valence-electron chi connectivity index (χ4n) is 2.12. The minimum absolute atomic E-state index is 0.158. The second kappa shape index (κ2) is 17.0. The number of esters is 1. The van der Waals surface area contributed by atoms with Crippen molar-refractivity contribution in [2.24, 2.45) is 0 Å². The van der Waals surface area contributed by atoms with Crippen LogP contribution in [0.4, 0.5) is 0 Å². The van der Waals surface area contributed by atoms with E-state index in [2.05, 4.69) is 34.7 Å². The molecule has 0 rings (SSSR count). The number of ether oxygens (including phenoxy) is 1. The van der Waals surface area contributed by atoms with Crippen LogP contribution in [0.2, 0.25) is 0 Å². The SMILES string of the molecule is CC(=O)OCCCCCCCCCCC/C=C/CCI. The first kappa shape index (κ1) is 19.9. The fourth-order valence-corrected chi connectivity index (χ4v) is 2.48. The van der Waals surface area contributed by atoms with Gasteiger partial charge in [0.2, 0.25) is 0 Å². The van der Waals surface area contributed by atoms with Crippen LogP contribution in [0.5, 0.6) is 0 Å². The molecule has 0 radical (unpaired) electrons. The van der Waals surface area contributed by atoms with Crippen LogP contribution in [0.3, 0.4) is 0 Å². The van der Waals surface area contributed by atoms with Crippen molar-refractivity contribution < 1.29 is 9.53 Å². The van der Waals surface area contributed by atoms with Gasteiger partial charge in [0, 0.05) is 11.4 Å². The highest BCUT2D eigenvalue weighted by Gasteiger charge is 1.94. The van der Waals surface area contributed by atoms with Crippen molar-refractivity contribution in [2.45, 2.75) is 77.6 Å². The van der Waals surface area contributed by atoms with E-state index in [0.717, 1.165) is 6.42 Å². The topological polar surface area (TPSA) is 26.3 Å². The first-order valence-electron chi connectivity index (χ1n) is 8.11. The molecule has 0 saturated carbocycles. The zero-order chi connectivity index (χ0) is 14.9. The average molecular weight is 394 g/mol. The number of carbonyl (C=O) groups is 1. The van der Waals surface area contributed by atoms with Gasteiger partial charge in [0.05, 0.1) is 6.61 Å². The minimum atomic E-state index is -0.158. The van der Waals surface area contributed by atoms with Crippen LogP contribution in [0.1, 0.15) is 77.6 Å². The van der Waals surface area contributed by atoms with Gasteiger partial charge in [-0.2, -0.15) is 0 Å². The number of carbonyl (C=O) groups excluding carboxylic acids is 1. The third kappa shape index (κ3) is 17.9. The number of halogens is 1. The van der Waals surface area contributed by atoms with Gasteiger partial charge in [-0.05, 0) is 25.7 Å². The molecule has 0 amide bonds. The molecule has 0 aromatic rings. The molecule has 2 nitrogen and oxygen atoms in total. The molecule has 0 atom stereocenters. The van der Waals surface area contributed by atoms with Gasteiger partial charge in [0.25, 0.3) is 0 Å². The minimum Gasteiger partial charge on any atom is -0.466 e. The predicted octanol–water partition coefficient (Wildman–Crippen LogP) is 5.83. The standard InChI is InChI=1S/C17H31IO2/c1-17(19)20-16-14-12-10-8-6-4-2-3-5-7-9-11-13-15-18/h9,11H,2-8,10,12-16H2,1H3/b11-9+. The van der Waals surface area contributed by atoms with E-state index >= 15 is 0 Å². The Bertz CT molecular complexity index is 239. The Kier molecular flexibility index (Phi) is 16.9. The van der Waals surface area contributed by atoms with Crippen LogP contribution < -0.4 is 0 Å². The van der Waals surface area contributed by atoms with Gasteiger partial charge in [-0.3, -0.25) is 4.79 Å². The normalized spacial score (nSPS) is 11.1. The number of unbranched alkanes of at least 4 members (excludes halogenated alkanes) is 9. The summed E-state index contributed by atoms with van der Waals surface area (Å²) in [7, 11) is 0. The molecular weight excluding hydrogens is 363 g/mol. The van der Waals surface area contributed by atoms with E-state index in [1.165, 1.54) is 75.6 Å². The van der Waals surface area contributed by atoms with E-state index in [0.29, 0.717) is 6.61 Å². The summed E-state index contributed by atoms with van der Waals surface area (Å²) >= 11 is 2.41. The van der Waals surface area contributed by atoms with Crippen molar-refractivity contribution in [1.82, 2.24) is 0 Å². The summed E-state index contributed by atoms with van der Waals surface area (Å²) < 4.78 is 6.14. The molecule has 0 saturated heterocycles. The Labute approximate surface area is 138 Å². The van der Waals surface area contributed by atoms with Crippen molar-refractivity contribution >= 4 is 28.6 Å². The molecule has 3 heteroatoms. The second-order valence-corrected chi connectivity index (χ2v) is 6.34. The van der Waals surface area contributed by atoms with Gasteiger partial charge in [-0.15, -0.1) is 0 Å². The van der Waals surface area contributed by atoms with Gasteiger partial charge < -0.3 is 4.74 Å². The van der Waals surface area contributed by atoms with Gasteiger partial charge in [-0.25, -0.2) is 0 Å². The Morgan fingerprint density at radius 3 is 1.90 bits per heavy atom. The van der Waals surface area contributed by atoms with E-state index in [9.17, 15) is 4.79 Å². The zero-order valence-electron chi connectivity index (χ0n) is 13.0. The molecule has 0 N–H and O–H groups in total. The largest absolute Gasteiger partial charge is 0.466 e. The van der Waals surface area contributed by atoms with Gasteiger partial charge in [0.15, 0.2) is 0 Å². The molecule has 0 fully saturated rings. The number of allylic oxidation sites excluding steroid dienone is 2. The van der Waals surface area contributed by atoms with Crippen molar-refractivity contribution in [1.29, 1.82) is 0 Å². The average Bonchev–Trinajstić information content (AvgIpc) is 2.43. The van der Waals surface area contributed by atoms with Crippen LogP contribution in [0.15, 0.2) is 12.2 Å². The smallest absolute Gasteiger partial charge is 0.302 e. The lowest BCUT2D eigenvalue weighted by molar-refractivity contribution is -0.141.